The van der Waals surface area contributed by atoms with E-state index in [2.05, 4.69) is 15.3 Å². The van der Waals surface area contributed by atoms with Crippen LogP contribution < -0.4 is 22.3 Å². The maximum Gasteiger partial charge on any atom is 0.330 e. The Morgan fingerprint density at radius 1 is 1.10 bits per heavy atom. The minimum Gasteiger partial charge on any atom is -0.382 e. The molecule has 0 fully saturated rings. The fraction of sp³-hybridized carbons (Fsp3) is 0.0476. The van der Waals surface area contributed by atoms with Crippen LogP contribution in [0, 0.1) is 11.3 Å². The molecule has 0 saturated carbocycles. The van der Waals surface area contributed by atoms with Gasteiger partial charge in [-0.2, -0.15) is 5.26 Å². The predicted octanol–water partition coefficient (Wildman–Crippen LogP) is 2.59. The number of halogens is 1. The molecule has 2 heterocycles. The van der Waals surface area contributed by atoms with Crippen LogP contribution in [0.5, 0.6) is 0 Å². The Bertz CT molecular complexity index is 1360. The van der Waals surface area contributed by atoms with E-state index >= 15 is 0 Å². The summed E-state index contributed by atoms with van der Waals surface area (Å²) in [6, 6.07) is 18.0. The Morgan fingerprint density at radius 3 is 2.50 bits per heavy atom. The Hall–Kier alpha value is -4.09. The van der Waals surface area contributed by atoms with E-state index in [1.807, 2.05) is 12.1 Å². The fourth-order valence-corrected chi connectivity index (χ4v) is 3.35. The number of aromatic nitrogens is 2. The SMILES string of the molecule is N#CC1=C(c2ccccc2)Nc2c(n(Cc3ccccc3Cl)c(=O)[nH]c2=O)N=C1N. The third-order valence-electron chi connectivity index (χ3n) is 4.62. The topological polar surface area (TPSA) is 129 Å². The molecule has 1 aliphatic heterocycles. The largest absolute Gasteiger partial charge is 0.382 e. The van der Waals surface area contributed by atoms with Gasteiger partial charge in [-0.3, -0.25) is 14.3 Å². The molecule has 2 aromatic carbocycles. The number of anilines is 1. The Balaban J connectivity index is 1.94. The zero-order valence-corrected chi connectivity index (χ0v) is 16.3. The second kappa shape index (κ2) is 7.73. The van der Waals surface area contributed by atoms with Crippen molar-refractivity contribution in [2.45, 2.75) is 6.54 Å². The van der Waals surface area contributed by atoms with Crippen LogP contribution in [0.4, 0.5) is 11.5 Å². The molecule has 1 aliphatic rings. The fourth-order valence-electron chi connectivity index (χ4n) is 3.15. The van der Waals surface area contributed by atoms with Gasteiger partial charge in [0.1, 0.15) is 23.2 Å². The monoisotopic (exact) mass is 418 g/mol. The Kier molecular flexibility index (Phi) is 4.96. The van der Waals surface area contributed by atoms with Crippen molar-refractivity contribution >= 4 is 34.6 Å². The van der Waals surface area contributed by atoms with E-state index in [9.17, 15) is 14.9 Å². The number of hydrogen-bond acceptors (Lipinski definition) is 6. The van der Waals surface area contributed by atoms with Gasteiger partial charge in [-0.15, -0.1) is 0 Å². The summed E-state index contributed by atoms with van der Waals surface area (Å²) in [5, 5.41) is 13.1. The summed E-state index contributed by atoms with van der Waals surface area (Å²) in [4.78, 5) is 31.8. The lowest BCUT2D eigenvalue weighted by molar-refractivity contribution is 0.727. The van der Waals surface area contributed by atoms with Crippen molar-refractivity contribution in [1.82, 2.24) is 9.55 Å². The van der Waals surface area contributed by atoms with Gasteiger partial charge in [0.2, 0.25) is 0 Å². The molecular weight excluding hydrogens is 404 g/mol. The third-order valence-corrected chi connectivity index (χ3v) is 4.98. The average molecular weight is 419 g/mol. The number of hydrogen-bond donors (Lipinski definition) is 3. The van der Waals surface area contributed by atoms with Crippen molar-refractivity contribution in [2.24, 2.45) is 10.7 Å². The minimum absolute atomic E-state index is 0.00806. The lowest BCUT2D eigenvalue weighted by Gasteiger charge is -2.15. The molecule has 4 N–H and O–H groups in total. The third kappa shape index (κ3) is 3.38. The molecule has 0 saturated heterocycles. The number of nitrogens with two attached hydrogens (primary N) is 1. The van der Waals surface area contributed by atoms with Gasteiger partial charge in [0.15, 0.2) is 5.82 Å². The number of nitriles is 1. The van der Waals surface area contributed by atoms with Gasteiger partial charge in [-0.25, -0.2) is 9.79 Å². The van der Waals surface area contributed by atoms with Crippen LogP contribution in [0.2, 0.25) is 5.02 Å². The first-order chi connectivity index (χ1) is 14.5. The molecule has 9 heteroatoms. The summed E-state index contributed by atoms with van der Waals surface area (Å²) in [6.45, 7) is 0.0542. The van der Waals surface area contributed by atoms with E-state index in [-0.39, 0.29) is 29.5 Å². The van der Waals surface area contributed by atoms with Gasteiger partial charge in [0.25, 0.3) is 5.56 Å². The quantitative estimate of drug-likeness (QED) is 0.602. The zero-order valence-electron chi connectivity index (χ0n) is 15.5. The summed E-state index contributed by atoms with van der Waals surface area (Å²) in [5.41, 5.74) is 6.46. The number of H-pyrrole nitrogens is 1. The summed E-state index contributed by atoms with van der Waals surface area (Å²) in [5.74, 6) is -0.0969. The van der Waals surface area contributed by atoms with Gasteiger partial charge >= 0.3 is 5.69 Å². The van der Waals surface area contributed by atoms with Crippen LogP contribution >= 0.6 is 11.6 Å². The van der Waals surface area contributed by atoms with Crippen molar-refractivity contribution in [3.8, 4) is 6.07 Å². The average Bonchev–Trinajstić information content (AvgIpc) is 2.89. The molecule has 0 radical (unpaired) electrons. The highest BCUT2D eigenvalue weighted by Crippen LogP contribution is 2.30. The van der Waals surface area contributed by atoms with Crippen molar-refractivity contribution in [2.75, 3.05) is 5.32 Å². The molecule has 0 atom stereocenters. The number of nitrogens with zero attached hydrogens (tertiary/aromatic N) is 3. The first-order valence-electron chi connectivity index (χ1n) is 8.91. The van der Waals surface area contributed by atoms with Crippen LogP contribution in [0.25, 0.3) is 5.70 Å². The zero-order chi connectivity index (χ0) is 21.3. The molecular formula is C21H15ClN6O2. The molecule has 0 bridgehead atoms. The van der Waals surface area contributed by atoms with E-state index in [0.717, 1.165) is 0 Å². The first-order valence-corrected chi connectivity index (χ1v) is 9.29. The molecule has 0 spiro atoms. The molecule has 1 aromatic heterocycles. The van der Waals surface area contributed by atoms with E-state index < -0.39 is 11.2 Å². The molecule has 4 rings (SSSR count). The number of rotatable bonds is 3. The summed E-state index contributed by atoms with van der Waals surface area (Å²) in [7, 11) is 0. The standard InChI is InChI=1S/C21H15ClN6O2/c22-15-9-5-4-8-13(15)11-28-19-17(20(29)27-21(28)30)25-16(12-6-2-1-3-7-12)14(10-23)18(24)26-19/h1-9,25H,11H2,(H2,24,26)(H,27,29,30). The number of fused-ring (bicyclic) bond motifs is 1. The van der Waals surface area contributed by atoms with Gasteiger partial charge in [0.05, 0.1) is 12.2 Å². The highest BCUT2D eigenvalue weighted by molar-refractivity contribution is 6.31. The molecule has 148 valence electrons. The number of benzene rings is 2. The van der Waals surface area contributed by atoms with Gasteiger partial charge in [-0.05, 0) is 17.2 Å². The Labute approximate surface area is 175 Å². The van der Waals surface area contributed by atoms with Crippen molar-refractivity contribution in [3.05, 3.63) is 97.2 Å². The maximum atomic E-state index is 12.6. The first kappa shape index (κ1) is 19.2. The smallest absolute Gasteiger partial charge is 0.330 e. The lowest BCUT2D eigenvalue weighted by Crippen LogP contribution is -2.32. The number of aliphatic imine (C=N–C) groups is 1. The second-order valence-corrected chi connectivity index (χ2v) is 6.89. The van der Waals surface area contributed by atoms with Crippen LogP contribution in [0.1, 0.15) is 11.1 Å². The lowest BCUT2D eigenvalue weighted by atomic mass is 10.1. The Morgan fingerprint density at radius 2 is 1.80 bits per heavy atom. The van der Waals surface area contributed by atoms with Crippen LogP contribution in [0.15, 0.2) is 74.8 Å². The van der Waals surface area contributed by atoms with E-state index in [4.69, 9.17) is 17.3 Å². The minimum atomic E-state index is -0.672. The van der Waals surface area contributed by atoms with Gasteiger partial charge in [-0.1, -0.05) is 60.1 Å². The van der Waals surface area contributed by atoms with Gasteiger partial charge < -0.3 is 11.1 Å². The second-order valence-electron chi connectivity index (χ2n) is 6.49. The highest BCUT2D eigenvalue weighted by Gasteiger charge is 2.24. The van der Waals surface area contributed by atoms with E-state index in [1.165, 1.54) is 4.57 Å². The van der Waals surface area contributed by atoms with Crippen LogP contribution in [-0.2, 0) is 6.54 Å². The summed E-state index contributed by atoms with van der Waals surface area (Å²) in [6.07, 6.45) is 0. The normalized spacial score (nSPS) is 13.0. The van der Waals surface area contributed by atoms with Crippen LogP contribution in [-0.4, -0.2) is 15.4 Å². The number of aromatic amines is 1. The summed E-state index contributed by atoms with van der Waals surface area (Å²) >= 11 is 6.24. The molecule has 8 nitrogen and oxygen atoms in total. The molecule has 0 amide bonds. The van der Waals surface area contributed by atoms with Crippen molar-refractivity contribution in [3.63, 3.8) is 0 Å². The molecule has 30 heavy (non-hydrogen) atoms. The molecule has 0 unspecified atom stereocenters. The maximum absolute atomic E-state index is 12.6. The summed E-state index contributed by atoms with van der Waals surface area (Å²) < 4.78 is 1.25. The predicted molar refractivity (Wildman–Crippen MR) is 116 cm³/mol. The van der Waals surface area contributed by atoms with E-state index in [1.54, 1.807) is 48.5 Å². The number of nitrogens with one attached hydrogen (secondary N) is 2. The van der Waals surface area contributed by atoms with E-state index in [0.29, 0.717) is 21.8 Å². The van der Waals surface area contributed by atoms with Crippen LogP contribution in [0.3, 0.4) is 0 Å². The van der Waals surface area contributed by atoms with Crippen molar-refractivity contribution in [1.29, 1.82) is 5.26 Å². The van der Waals surface area contributed by atoms with Crippen molar-refractivity contribution < 1.29 is 0 Å². The van der Waals surface area contributed by atoms with Gasteiger partial charge in [0, 0.05) is 5.02 Å². The molecule has 0 aliphatic carbocycles. The highest BCUT2D eigenvalue weighted by atomic mass is 35.5. The molecule has 3 aromatic rings. The number of amidine groups is 1.